The SMILES string of the molecule is N#CC(=NNc1ccccc1)S(=O)(=O)N(Cc1ccccc1)C(=O)OCc1ccccc1. The molecule has 1 N–H and O–H groups in total. The lowest BCUT2D eigenvalue weighted by atomic mass is 10.2. The first-order chi connectivity index (χ1) is 15.5. The molecule has 0 aliphatic heterocycles. The Bertz CT molecular complexity index is 1210. The number of nitrogens with zero attached hydrogens (tertiary/aromatic N) is 3. The number of carbonyl (C=O) groups is 1. The van der Waals surface area contributed by atoms with Crippen molar-refractivity contribution in [3.05, 3.63) is 102 Å². The van der Waals surface area contributed by atoms with Crippen molar-refractivity contribution in [3.8, 4) is 6.07 Å². The summed E-state index contributed by atoms with van der Waals surface area (Å²) in [5, 5.41) is 12.3. The predicted molar refractivity (Wildman–Crippen MR) is 121 cm³/mol. The lowest BCUT2D eigenvalue weighted by Gasteiger charge is -2.21. The fraction of sp³-hybridized carbons (Fsp3) is 0.0870. The fourth-order valence-corrected chi connectivity index (χ4v) is 3.71. The van der Waals surface area contributed by atoms with E-state index < -0.39 is 21.2 Å². The zero-order valence-electron chi connectivity index (χ0n) is 17.0. The van der Waals surface area contributed by atoms with Gasteiger partial charge in [0, 0.05) is 0 Å². The van der Waals surface area contributed by atoms with E-state index in [-0.39, 0.29) is 13.2 Å². The number of rotatable bonds is 6. The third kappa shape index (κ3) is 5.93. The molecule has 32 heavy (non-hydrogen) atoms. The van der Waals surface area contributed by atoms with Crippen molar-refractivity contribution in [2.45, 2.75) is 13.2 Å². The molecule has 0 radical (unpaired) electrons. The van der Waals surface area contributed by atoms with Crippen molar-refractivity contribution in [1.82, 2.24) is 4.31 Å². The van der Waals surface area contributed by atoms with Crippen molar-refractivity contribution in [1.29, 1.82) is 5.26 Å². The van der Waals surface area contributed by atoms with E-state index in [1.807, 2.05) is 6.07 Å². The molecule has 0 fully saturated rings. The average molecular weight is 449 g/mol. The molecular weight excluding hydrogens is 428 g/mol. The van der Waals surface area contributed by atoms with Crippen LogP contribution in [0.15, 0.2) is 96.1 Å². The Morgan fingerprint density at radius 1 is 0.906 bits per heavy atom. The number of nitriles is 1. The molecule has 0 saturated carbocycles. The lowest BCUT2D eigenvalue weighted by molar-refractivity contribution is 0.118. The number of hydrazone groups is 1. The third-order valence-electron chi connectivity index (χ3n) is 4.27. The number of hydrogen-bond donors (Lipinski definition) is 1. The first-order valence-corrected chi connectivity index (χ1v) is 11.0. The maximum Gasteiger partial charge on any atom is 0.424 e. The highest BCUT2D eigenvalue weighted by Crippen LogP contribution is 2.15. The van der Waals surface area contributed by atoms with Crippen LogP contribution in [0.5, 0.6) is 0 Å². The number of para-hydroxylation sites is 1. The zero-order chi connectivity index (χ0) is 22.8. The van der Waals surface area contributed by atoms with E-state index in [0.717, 1.165) is 0 Å². The van der Waals surface area contributed by atoms with E-state index in [1.165, 1.54) is 0 Å². The second kappa shape index (κ2) is 10.7. The van der Waals surface area contributed by atoms with Gasteiger partial charge in [0.05, 0.1) is 12.2 Å². The second-order valence-electron chi connectivity index (χ2n) is 6.54. The average Bonchev–Trinajstić information content (AvgIpc) is 2.83. The Morgan fingerprint density at radius 2 is 1.44 bits per heavy atom. The molecule has 9 heteroatoms. The van der Waals surface area contributed by atoms with Gasteiger partial charge < -0.3 is 4.74 Å². The second-order valence-corrected chi connectivity index (χ2v) is 8.32. The van der Waals surface area contributed by atoms with Crippen molar-refractivity contribution in [2.24, 2.45) is 5.10 Å². The highest BCUT2D eigenvalue weighted by Gasteiger charge is 2.34. The molecule has 0 atom stereocenters. The van der Waals surface area contributed by atoms with Crippen molar-refractivity contribution in [3.63, 3.8) is 0 Å². The van der Waals surface area contributed by atoms with Crippen LogP contribution in [0.2, 0.25) is 0 Å². The standard InChI is InChI=1S/C23H20N4O4S/c24-16-22(26-25-21-14-8-3-9-15-21)32(29,30)27(17-19-10-4-1-5-11-19)23(28)31-18-20-12-6-2-7-13-20/h1-15,25H,17-18H2. The Labute approximate surface area is 186 Å². The Hall–Kier alpha value is -4.16. The molecule has 162 valence electrons. The van der Waals surface area contributed by atoms with Crippen LogP contribution in [-0.4, -0.2) is 23.9 Å². The van der Waals surface area contributed by atoms with Gasteiger partial charge in [-0.15, -0.1) is 5.10 Å². The first-order valence-electron chi connectivity index (χ1n) is 9.57. The Morgan fingerprint density at radius 3 is 2.00 bits per heavy atom. The van der Waals surface area contributed by atoms with Crippen molar-refractivity contribution in [2.75, 3.05) is 5.43 Å². The van der Waals surface area contributed by atoms with Gasteiger partial charge in [0.2, 0.25) is 0 Å². The number of ether oxygens (including phenoxy) is 1. The minimum atomic E-state index is -4.60. The summed E-state index contributed by atoms with van der Waals surface area (Å²) in [6, 6.07) is 27.5. The van der Waals surface area contributed by atoms with E-state index in [0.29, 0.717) is 21.1 Å². The molecule has 1 amide bonds. The van der Waals surface area contributed by atoms with Gasteiger partial charge >= 0.3 is 6.09 Å². The van der Waals surface area contributed by atoms with E-state index in [1.54, 1.807) is 91.0 Å². The number of amides is 1. The number of nitrogens with one attached hydrogen (secondary N) is 1. The van der Waals surface area contributed by atoms with Gasteiger partial charge in [-0.05, 0) is 23.3 Å². The van der Waals surface area contributed by atoms with Gasteiger partial charge in [0.25, 0.3) is 15.1 Å². The van der Waals surface area contributed by atoms with Crippen LogP contribution >= 0.6 is 0 Å². The third-order valence-corrected chi connectivity index (χ3v) is 5.80. The van der Waals surface area contributed by atoms with Gasteiger partial charge in [0.15, 0.2) is 0 Å². The number of benzene rings is 3. The zero-order valence-corrected chi connectivity index (χ0v) is 17.8. The van der Waals surface area contributed by atoms with Crippen molar-refractivity contribution >= 4 is 26.8 Å². The van der Waals surface area contributed by atoms with Crippen LogP contribution in [0.1, 0.15) is 11.1 Å². The van der Waals surface area contributed by atoms with E-state index in [2.05, 4.69) is 10.5 Å². The summed E-state index contributed by atoms with van der Waals surface area (Å²) < 4.78 is 32.1. The molecule has 0 heterocycles. The van der Waals surface area contributed by atoms with Gasteiger partial charge in [-0.1, -0.05) is 78.9 Å². The summed E-state index contributed by atoms with van der Waals surface area (Å²) in [6.07, 6.45) is -1.11. The highest BCUT2D eigenvalue weighted by atomic mass is 32.2. The molecule has 8 nitrogen and oxygen atoms in total. The van der Waals surface area contributed by atoms with Gasteiger partial charge in [-0.3, -0.25) is 5.43 Å². The molecule has 0 saturated heterocycles. The van der Waals surface area contributed by atoms with Gasteiger partial charge in [-0.25, -0.2) is 4.79 Å². The summed E-state index contributed by atoms with van der Waals surface area (Å²) in [5.74, 6) is 0. The minimum absolute atomic E-state index is 0.123. The van der Waals surface area contributed by atoms with E-state index in [9.17, 15) is 18.5 Å². The molecule has 0 aromatic heterocycles. The van der Waals surface area contributed by atoms with Gasteiger partial charge in [-0.2, -0.15) is 18.0 Å². The molecule has 0 aliphatic rings. The largest absolute Gasteiger partial charge is 0.444 e. The summed E-state index contributed by atoms with van der Waals surface area (Å²) >= 11 is 0. The topological polar surface area (TPSA) is 112 Å². The van der Waals surface area contributed by atoms with Crippen LogP contribution in [0.4, 0.5) is 10.5 Å². The minimum Gasteiger partial charge on any atom is -0.444 e. The molecule has 0 unspecified atom stereocenters. The van der Waals surface area contributed by atoms with E-state index in [4.69, 9.17) is 4.74 Å². The maximum atomic E-state index is 13.2. The number of anilines is 1. The summed E-state index contributed by atoms with van der Waals surface area (Å²) in [7, 11) is -4.60. The van der Waals surface area contributed by atoms with Crippen LogP contribution in [0, 0.1) is 11.3 Å². The Balaban J connectivity index is 1.87. The van der Waals surface area contributed by atoms with Crippen LogP contribution in [0.3, 0.4) is 0 Å². The molecule has 0 aliphatic carbocycles. The number of sulfonamides is 1. The molecule has 3 aromatic carbocycles. The molecule has 0 spiro atoms. The first kappa shape index (κ1) is 22.5. The summed E-state index contributed by atoms with van der Waals surface area (Å²) in [4.78, 5) is 12.8. The van der Waals surface area contributed by atoms with Crippen LogP contribution in [0.25, 0.3) is 0 Å². The maximum absolute atomic E-state index is 13.2. The monoisotopic (exact) mass is 448 g/mol. The molecule has 0 bridgehead atoms. The molecule has 3 aromatic rings. The number of carbonyl (C=O) groups excluding carboxylic acids is 1. The highest BCUT2D eigenvalue weighted by molar-refractivity contribution is 8.05. The smallest absolute Gasteiger partial charge is 0.424 e. The summed E-state index contributed by atoms with van der Waals surface area (Å²) in [5.41, 5.74) is 4.24. The Kier molecular flexibility index (Phi) is 7.56. The van der Waals surface area contributed by atoms with Crippen molar-refractivity contribution < 1.29 is 17.9 Å². The quantitative estimate of drug-likeness (QED) is 0.345. The van der Waals surface area contributed by atoms with E-state index >= 15 is 0 Å². The number of hydrogen-bond acceptors (Lipinski definition) is 7. The normalized spacial score (nSPS) is 11.3. The fourth-order valence-electron chi connectivity index (χ4n) is 2.66. The summed E-state index contributed by atoms with van der Waals surface area (Å²) in [6.45, 7) is -0.440. The predicted octanol–water partition coefficient (Wildman–Crippen LogP) is 4.10. The molecular formula is C23H20N4O4S. The lowest BCUT2D eigenvalue weighted by Crippen LogP contribution is -2.40. The molecule has 3 rings (SSSR count). The van der Waals surface area contributed by atoms with Crippen LogP contribution in [-0.2, 0) is 27.9 Å². The van der Waals surface area contributed by atoms with Gasteiger partial charge in [0.1, 0.15) is 12.7 Å². The van der Waals surface area contributed by atoms with Crippen LogP contribution < -0.4 is 5.43 Å².